The fraction of sp³-hybridized carbons (Fsp3) is 0.571. The zero-order chi connectivity index (χ0) is 13.5. The lowest BCUT2D eigenvalue weighted by atomic mass is 10.2. The Balaban J connectivity index is 2.31. The van der Waals surface area contributed by atoms with Crippen molar-refractivity contribution < 1.29 is 9.84 Å². The highest BCUT2D eigenvalue weighted by molar-refractivity contribution is 9.10. The fourth-order valence-corrected chi connectivity index (χ4v) is 2.11. The van der Waals surface area contributed by atoms with Crippen molar-refractivity contribution in [2.75, 3.05) is 19.7 Å². The summed E-state index contributed by atoms with van der Waals surface area (Å²) in [5.74, 6) is 1.35. The van der Waals surface area contributed by atoms with Gasteiger partial charge in [-0.3, -0.25) is 0 Å². The summed E-state index contributed by atoms with van der Waals surface area (Å²) in [5.41, 5.74) is 1.17. The Labute approximate surface area is 118 Å². The summed E-state index contributed by atoms with van der Waals surface area (Å²) in [6.07, 6.45) is -0.489. The van der Waals surface area contributed by atoms with E-state index in [1.54, 1.807) is 0 Å². The number of rotatable bonds is 7. The second-order valence-corrected chi connectivity index (χ2v) is 5.81. The third-order valence-corrected chi connectivity index (χ3v) is 3.07. The number of hydrogen-bond acceptors (Lipinski definition) is 3. The SMILES string of the molecule is Cc1ccc(OCC(O)CNCC(C)C)c(Br)c1. The van der Waals surface area contributed by atoms with Crippen LogP contribution in [0.25, 0.3) is 0 Å². The Morgan fingerprint density at radius 1 is 1.33 bits per heavy atom. The van der Waals surface area contributed by atoms with Crippen LogP contribution in [-0.2, 0) is 0 Å². The van der Waals surface area contributed by atoms with Crippen LogP contribution in [0.3, 0.4) is 0 Å². The summed E-state index contributed by atoms with van der Waals surface area (Å²) in [5, 5.41) is 13.0. The molecule has 0 aliphatic heterocycles. The van der Waals surface area contributed by atoms with Crippen molar-refractivity contribution in [3.63, 3.8) is 0 Å². The molecule has 0 amide bonds. The van der Waals surface area contributed by atoms with Crippen molar-refractivity contribution in [2.24, 2.45) is 5.92 Å². The van der Waals surface area contributed by atoms with Gasteiger partial charge in [0.2, 0.25) is 0 Å². The predicted molar refractivity (Wildman–Crippen MR) is 78.1 cm³/mol. The molecule has 1 aromatic carbocycles. The van der Waals surface area contributed by atoms with Crippen molar-refractivity contribution in [3.8, 4) is 5.75 Å². The standard InChI is InChI=1S/C14H22BrNO2/c1-10(2)7-16-8-12(17)9-18-14-5-4-11(3)6-13(14)15/h4-6,10,12,16-17H,7-9H2,1-3H3. The average molecular weight is 316 g/mol. The summed E-state index contributed by atoms with van der Waals surface area (Å²) < 4.78 is 6.50. The third kappa shape index (κ3) is 5.85. The summed E-state index contributed by atoms with van der Waals surface area (Å²) in [6.45, 7) is 8.07. The quantitative estimate of drug-likeness (QED) is 0.813. The normalized spacial score (nSPS) is 12.8. The van der Waals surface area contributed by atoms with E-state index in [4.69, 9.17) is 4.74 Å². The van der Waals surface area contributed by atoms with E-state index in [0.717, 1.165) is 16.8 Å². The van der Waals surface area contributed by atoms with Crippen LogP contribution >= 0.6 is 15.9 Å². The highest BCUT2D eigenvalue weighted by Gasteiger charge is 2.07. The number of aliphatic hydroxyl groups is 1. The Kier molecular flexibility index (Phi) is 6.68. The molecule has 0 fully saturated rings. The number of hydrogen-bond donors (Lipinski definition) is 2. The lowest BCUT2D eigenvalue weighted by Crippen LogP contribution is -2.33. The summed E-state index contributed by atoms with van der Waals surface area (Å²) in [6, 6.07) is 5.90. The molecule has 2 N–H and O–H groups in total. The predicted octanol–water partition coefficient (Wildman–Crippen LogP) is 2.74. The molecule has 0 radical (unpaired) electrons. The molecule has 0 heterocycles. The molecule has 3 nitrogen and oxygen atoms in total. The van der Waals surface area contributed by atoms with Crippen LogP contribution < -0.4 is 10.1 Å². The van der Waals surface area contributed by atoms with E-state index in [1.807, 2.05) is 25.1 Å². The van der Waals surface area contributed by atoms with Gasteiger partial charge in [-0.05, 0) is 53.0 Å². The molecular formula is C14H22BrNO2. The van der Waals surface area contributed by atoms with E-state index in [-0.39, 0.29) is 0 Å². The molecule has 0 spiro atoms. The molecule has 1 atom stereocenters. The number of ether oxygens (including phenoxy) is 1. The maximum absolute atomic E-state index is 9.77. The van der Waals surface area contributed by atoms with Crippen molar-refractivity contribution in [3.05, 3.63) is 28.2 Å². The molecule has 102 valence electrons. The van der Waals surface area contributed by atoms with Gasteiger partial charge in [0, 0.05) is 6.54 Å². The Morgan fingerprint density at radius 2 is 2.06 bits per heavy atom. The number of halogens is 1. The lowest BCUT2D eigenvalue weighted by molar-refractivity contribution is 0.105. The molecule has 0 bridgehead atoms. The van der Waals surface area contributed by atoms with Crippen LogP contribution in [0, 0.1) is 12.8 Å². The second-order valence-electron chi connectivity index (χ2n) is 4.95. The van der Waals surface area contributed by atoms with Crippen LogP contribution in [0.2, 0.25) is 0 Å². The first-order chi connectivity index (χ1) is 8.49. The first-order valence-electron chi connectivity index (χ1n) is 6.26. The largest absolute Gasteiger partial charge is 0.490 e. The number of aliphatic hydroxyl groups excluding tert-OH is 1. The smallest absolute Gasteiger partial charge is 0.133 e. The van der Waals surface area contributed by atoms with Gasteiger partial charge in [-0.1, -0.05) is 19.9 Å². The van der Waals surface area contributed by atoms with E-state index >= 15 is 0 Å². The zero-order valence-electron chi connectivity index (χ0n) is 11.2. The summed E-state index contributed by atoms with van der Waals surface area (Å²) in [4.78, 5) is 0. The third-order valence-electron chi connectivity index (χ3n) is 2.45. The van der Waals surface area contributed by atoms with Gasteiger partial charge in [-0.25, -0.2) is 0 Å². The summed E-state index contributed by atoms with van der Waals surface area (Å²) in [7, 11) is 0. The Morgan fingerprint density at radius 3 is 2.67 bits per heavy atom. The molecule has 0 saturated heterocycles. The second kappa shape index (κ2) is 7.77. The van der Waals surface area contributed by atoms with E-state index in [0.29, 0.717) is 19.1 Å². The Hall–Kier alpha value is -0.580. The van der Waals surface area contributed by atoms with Gasteiger partial charge in [0.15, 0.2) is 0 Å². The highest BCUT2D eigenvalue weighted by Crippen LogP contribution is 2.25. The molecule has 1 unspecified atom stereocenters. The van der Waals surface area contributed by atoms with Gasteiger partial charge in [0.1, 0.15) is 18.5 Å². The van der Waals surface area contributed by atoms with E-state index in [9.17, 15) is 5.11 Å². The molecule has 1 aromatic rings. The molecule has 0 aliphatic carbocycles. The molecule has 0 aromatic heterocycles. The molecule has 4 heteroatoms. The van der Waals surface area contributed by atoms with Crippen molar-refractivity contribution in [1.82, 2.24) is 5.32 Å². The monoisotopic (exact) mass is 315 g/mol. The fourth-order valence-electron chi connectivity index (χ4n) is 1.51. The zero-order valence-corrected chi connectivity index (χ0v) is 12.8. The van der Waals surface area contributed by atoms with Gasteiger partial charge in [-0.2, -0.15) is 0 Å². The minimum Gasteiger partial charge on any atom is -0.490 e. The molecule has 18 heavy (non-hydrogen) atoms. The minimum atomic E-state index is -0.489. The number of nitrogens with one attached hydrogen (secondary N) is 1. The molecule has 0 saturated carbocycles. The van der Waals surface area contributed by atoms with Crippen LogP contribution in [-0.4, -0.2) is 30.9 Å². The molecular weight excluding hydrogens is 294 g/mol. The topological polar surface area (TPSA) is 41.5 Å². The van der Waals surface area contributed by atoms with Crippen molar-refractivity contribution in [2.45, 2.75) is 26.9 Å². The summed E-state index contributed by atoms with van der Waals surface area (Å²) >= 11 is 3.45. The highest BCUT2D eigenvalue weighted by atomic mass is 79.9. The molecule has 0 aliphatic rings. The van der Waals surface area contributed by atoms with Crippen LogP contribution in [0.5, 0.6) is 5.75 Å². The van der Waals surface area contributed by atoms with E-state index < -0.39 is 6.10 Å². The van der Waals surface area contributed by atoms with Crippen LogP contribution in [0.15, 0.2) is 22.7 Å². The Bertz CT molecular complexity index is 369. The maximum atomic E-state index is 9.77. The first-order valence-corrected chi connectivity index (χ1v) is 7.06. The van der Waals surface area contributed by atoms with Gasteiger partial charge >= 0.3 is 0 Å². The van der Waals surface area contributed by atoms with Crippen molar-refractivity contribution >= 4 is 15.9 Å². The van der Waals surface area contributed by atoms with Crippen molar-refractivity contribution in [1.29, 1.82) is 0 Å². The number of aryl methyl sites for hydroxylation is 1. The first kappa shape index (κ1) is 15.5. The van der Waals surface area contributed by atoms with Gasteiger partial charge in [-0.15, -0.1) is 0 Å². The van der Waals surface area contributed by atoms with E-state index in [1.165, 1.54) is 5.56 Å². The lowest BCUT2D eigenvalue weighted by Gasteiger charge is -2.15. The van der Waals surface area contributed by atoms with Gasteiger partial charge in [0.25, 0.3) is 0 Å². The van der Waals surface area contributed by atoms with Crippen LogP contribution in [0.1, 0.15) is 19.4 Å². The van der Waals surface area contributed by atoms with E-state index in [2.05, 4.69) is 35.1 Å². The van der Waals surface area contributed by atoms with Gasteiger partial charge < -0.3 is 15.2 Å². The van der Waals surface area contributed by atoms with Crippen LogP contribution in [0.4, 0.5) is 0 Å². The maximum Gasteiger partial charge on any atom is 0.133 e. The number of benzene rings is 1. The molecule has 1 rings (SSSR count). The average Bonchev–Trinajstić information content (AvgIpc) is 2.27. The van der Waals surface area contributed by atoms with Gasteiger partial charge in [0.05, 0.1) is 4.47 Å². The minimum absolute atomic E-state index is 0.298.